The lowest BCUT2D eigenvalue weighted by molar-refractivity contribution is -0.139. The van der Waals surface area contributed by atoms with Crippen LogP contribution >= 0.6 is 15.9 Å². The third kappa shape index (κ3) is 4.86. The van der Waals surface area contributed by atoms with Crippen molar-refractivity contribution in [2.24, 2.45) is 5.11 Å². The molecule has 8 heteroatoms. The molecular weight excluding hydrogens is 319 g/mol. The molecule has 2 N–H and O–H groups in total. The first-order valence-electron chi connectivity index (χ1n) is 5.48. The summed E-state index contributed by atoms with van der Waals surface area (Å²) in [5.74, 6) is -1.60. The van der Waals surface area contributed by atoms with Crippen LogP contribution in [-0.2, 0) is 4.79 Å². The molecule has 0 aliphatic carbocycles. The van der Waals surface area contributed by atoms with Crippen molar-refractivity contribution < 1.29 is 14.3 Å². The van der Waals surface area contributed by atoms with Crippen LogP contribution in [0.15, 0.2) is 27.8 Å². The summed E-state index contributed by atoms with van der Waals surface area (Å²) in [5, 5.41) is 15.3. The second-order valence-corrected chi connectivity index (χ2v) is 4.55. The number of benzene rings is 1. The number of nitrogens with zero attached hydrogens (tertiary/aromatic N) is 3. The number of azide groups is 1. The van der Waals surface area contributed by atoms with Crippen molar-refractivity contribution in [3.63, 3.8) is 0 Å². The Morgan fingerprint density at radius 3 is 3.00 bits per heavy atom. The van der Waals surface area contributed by atoms with E-state index < -0.39 is 17.8 Å². The zero-order valence-electron chi connectivity index (χ0n) is 9.88. The molecule has 0 radical (unpaired) electrons. The summed E-state index contributed by atoms with van der Waals surface area (Å²) in [6.07, 6.45) is 0.501. The molecule has 19 heavy (non-hydrogen) atoms. The minimum atomic E-state index is -1.10. The molecule has 0 heterocycles. The molecule has 1 rings (SSSR count). The van der Waals surface area contributed by atoms with E-state index in [0.29, 0.717) is 23.0 Å². The number of rotatable bonds is 7. The summed E-state index contributed by atoms with van der Waals surface area (Å²) in [7, 11) is 0. The van der Waals surface area contributed by atoms with E-state index in [2.05, 4.69) is 31.3 Å². The van der Waals surface area contributed by atoms with Crippen LogP contribution in [0, 0.1) is 5.82 Å². The number of hydrogen-bond acceptors (Lipinski definition) is 3. The molecule has 0 spiro atoms. The summed E-state index contributed by atoms with van der Waals surface area (Å²) >= 11 is 3.20. The first-order chi connectivity index (χ1) is 9.06. The van der Waals surface area contributed by atoms with Gasteiger partial charge >= 0.3 is 5.97 Å². The Balaban J connectivity index is 2.74. The molecule has 6 nitrogen and oxygen atoms in total. The fourth-order valence-electron chi connectivity index (χ4n) is 1.51. The lowest BCUT2D eigenvalue weighted by atomic mass is 10.1. The highest BCUT2D eigenvalue weighted by Gasteiger charge is 2.21. The van der Waals surface area contributed by atoms with E-state index >= 15 is 0 Å². The van der Waals surface area contributed by atoms with Gasteiger partial charge in [-0.25, -0.2) is 4.39 Å². The smallest absolute Gasteiger partial charge is 0.325 e. The van der Waals surface area contributed by atoms with Gasteiger partial charge in [0, 0.05) is 15.9 Å². The summed E-state index contributed by atoms with van der Waals surface area (Å²) in [4.78, 5) is 13.8. The van der Waals surface area contributed by atoms with Crippen molar-refractivity contribution >= 4 is 21.9 Å². The Morgan fingerprint density at radius 1 is 1.63 bits per heavy atom. The van der Waals surface area contributed by atoms with Crippen LogP contribution in [0.3, 0.4) is 0 Å². The molecule has 0 amide bonds. The van der Waals surface area contributed by atoms with E-state index in [1.54, 1.807) is 0 Å². The number of hydrogen-bond donors (Lipinski definition) is 2. The Kier molecular flexibility index (Phi) is 6.27. The van der Waals surface area contributed by atoms with Gasteiger partial charge in [-0.2, -0.15) is 0 Å². The Hall–Kier alpha value is -1.63. The molecule has 102 valence electrons. The zero-order chi connectivity index (χ0) is 14.3. The van der Waals surface area contributed by atoms with Crippen molar-refractivity contribution in [2.45, 2.75) is 12.5 Å². The molecule has 0 fully saturated rings. The molecule has 0 aliphatic heterocycles. The molecular formula is C11H12BrFN4O2. The quantitative estimate of drug-likeness (QED) is 0.348. The van der Waals surface area contributed by atoms with Gasteiger partial charge in [-0.05, 0) is 42.3 Å². The fourth-order valence-corrected chi connectivity index (χ4v) is 1.98. The van der Waals surface area contributed by atoms with E-state index in [1.807, 2.05) is 0 Å². The number of carbonyl (C=O) groups is 1. The normalized spacial score (nSPS) is 11.7. The van der Waals surface area contributed by atoms with E-state index in [9.17, 15) is 9.18 Å². The predicted octanol–water partition coefficient (Wildman–Crippen LogP) is 3.00. The Bertz CT molecular complexity index is 505. The van der Waals surface area contributed by atoms with Crippen LogP contribution in [0.2, 0.25) is 0 Å². The average molecular weight is 331 g/mol. The van der Waals surface area contributed by atoms with Gasteiger partial charge < -0.3 is 10.4 Å². The highest BCUT2D eigenvalue weighted by Crippen LogP contribution is 2.24. The van der Waals surface area contributed by atoms with Gasteiger partial charge in [-0.1, -0.05) is 21.0 Å². The van der Waals surface area contributed by atoms with E-state index in [4.69, 9.17) is 10.6 Å². The third-order valence-electron chi connectivity index (χ3n) is 2.36. The summed E-state index contributed by atoms with van der Waals surface area (Å²) in [5.41, 5.74) is 8.42. The second-order valence-electron chi connectivity index (χ2n) is 3.70. The lowest BCUT2D eigenvalue weighted by Gasteiger charge is -2.16. The molecule has 1 atom stereocenters. The van der Waals surface area contributed by atoms with Crippen LogP contribution in [0.25, 0.3) is 10.4 Å². The topological polar surface area (TPSA) is 98.1 Å². The van der Waals surface area contributed by atoms with E-state index in [0.717, 1.165) is 0 Å². The average Bonchev–Trinajstić information content (AvgIpc) is 2.37. The molecule has 1 aromatic rings. The maximum absolute atomic E-state index is 13.2. The largest absolute Gasteiger partial charge is 0.480 e. The molecule has 1 unspecified atom stereocenters. The van der Waals surface area contributed by atoms with Crippen molar-refractivity contribution in [3.8, 4) is 0 Å². The fraction of sp³-hybridized carbons (Fsp3) is 0.364. The Labute approximate surface area is 117 Å². The first kappa shape index (κ1) is 15.4. The monoisotopic (exact) mass is 330 g/mol. The van der Waals surface area contributed by atoms with Gasteiger partial charge in [-0.15, -0.1) is 0 Å². The van der Waals surface area contributed by atoms with Crippen molar-refractivity contribution in [3.05, 3.63) is 44.5 Å². The van der Waals surface area contributed by atoms with Crippen LogP contribution in [0.4, 0.5) is 4.39 Å². The summed E-state index contributed by atoms with van der Waals surface area (Å²) in [6, 6.07) is 2.86. The zero-order valence-corrected chi connectivity index (χ0v) is 11.5. The number of nitrogens with one attached hydrogen (secondary N) is 1. The van der Waals surface area contributed by atoms with Gasteiger partial charge in [-0.3, -0.25) is 4.79 Å². The minimum absolute atomic E-state index is 0.278. The highest BCUT2D eigenvalue weighted by molar-refractivity contribution is 9.10. The molecule has 1 aromatic carbocycles. The number of halogens is 2. The molecule has 0 bridgehead atoms. The number of carboxylic acid groups (broad SMARTS) is 1. The molecule has 0 saturated carbocycles. The van der Waals surface area contributed by atoms with Crippen LogP contribution in [0.1, 0.15) is 18.0 Å². The number of aliphatic carboxylic acids is 1. The maximum Gasteiger partial charge on any atom is 0.325 e. The number of carboxylic acids is 1. The van der Waals surface area contributed by atoms with Gasteiger partial charge in [0.2, 0.25) is 0 Å². The predicted molar refractivity (Wildman–Crippen MR) is 71.1 cm³/mol. The SMILES string of the molecule is [N-]=[N+]=NCCCNC(C(=O)O)c1cc(F)ccc1Br. The standard InChI is InChI=1S/C11H12BrFN4O2/c12-9-3-2-7(13)6-8(9)10(11(18)19)15-4-1-5-16-17-14/h2-3,6,10,15H,1,4-5H2,(H,18,19). The summed E-state index contributed by atoms with van der Waals surface area (Å²) in [6.45, 7) is 0.624. The Morgan fingerprint density at radius 2 is 2.37 bits per heavy atom. The van der Waals surface area contributed by atoms with Gasteiger partial charge in [0.05, 0.1) is 0 Å². The minimum Gasteiger partial charge on any atom is -0.480 e. The van der Waals surface area contributed by atoms with Crippen molar-refractivity contribution in [2.75, 3.05) is 13.1 Å². The van der Waals surface area contributed by atoms with Crippen molar-refractivity contribution in [1.29, 1.82) is 0 Å². The van der Waals surface area contributed by atoms with Gasteiger partial charge in [0.25, 0.3) is 0 Å². The summed E-state index contributed by atoms with van der Waals surface area (Å²) < 4.78 is 13.7. The van der Waals surface area contributed by atoms with Crippen LogP contribution in [0.5, 0.6) is 0 Å². The van der Waals surface area contributed by atoms with Gasteiger partial charge in [0.1, 0.15) is 11.9 Å². The van der Waals surface area contributed by atoms with Crippen molar-refractivity contribution in [1.82, 2.24) is 5.32 Å². The molecule has 0 aliphatic rings. The molecule has 0 aromatic heterocycles. The first-order valence-corrected chi connectivity index (χ1v) is 6.27. The second kappa shape index (κ2) is 7.73. The highest BCUT2D eigenvalue weighted by atomic mass is 79.9. The van der Waals surface area contributed by atoms with E-state index in [-0.39, 0.29) is 6.54 Å². The van der Waals surface area contributed by atoms with Gasteiger partial charge in [0.15, 0.2) is 0 Å². The lowest BCUT2D eigenvalue weighted by Crippen LogP contribution is -2.30. The van der Waals surface area contributed by atoms with Crippen LogP contribution in [-0.4, -0.2) is 24.2 Å². The third-order valence-corrected chi connectivity index (χ3v) is 3.08. The van der Waals surface area contributed by atoms with E-state index in [1.165, 1.54) is 18.2 Å². The maximum atomic E-state index is 13.2. The van der Waals surface area contributed by atoms with Crippen LogP contribution < -0.4 is 5.32 Å². The molecule has 0 saturated heterocycles.